The minimum Gasteiger partial charge on any atom is -0.548 e. The Balaban J connectivity index is -0.000000418. The molecule has 0 aliphatic rings. The van der Waals surface area contributed by atoms with Crippen molar-refractivity contribution in [1.29, 1.82) is 0 Å². The number of nitrogens with two attached hydrogens (primary N) is 1. The summed E-state index contributed by atoms with van der Waals surface area (Å²) in [4.78, 5) is 31.6. The third kappa shape index (κ3) is 20.6. The Kier molecular flexibility index (Phi) is 15.8. The first-order chi connectivity index (χ1) is 10.8. The van der Waals surface area contributed by atoms with Crippen molar-refractivity contribution in [3.63, 3.8) is 0 Å². The number of hydrogen-bond donors (Lipinski definition) is 2. The molecule has 0 amide bonds. The van der Waals surface area contributed by atoms with E-state index in [0.717, 1.165) is 0 Å². The molecule has 0 heterocycles. The van der Waals surface area contributed by atoms with E-state index in [9.17, 15) is 19.5 Å². The molecule has 25 heavy (non-hydrogen) atoms. The molecule has 0 fully saturated rings. The number of carbonyl (C=O) groups excluding carboxylic acids is 2. The van der Waals surface area contributed by atoms with Gasteiger partial charge in [-0.2, -0.15) is 0 Å². The van der Waals surface area contributed by atoms with Gasteiger partial charge in [0.1, 0.15) is 6.54 Å². The fraction of sp³-hybridized carbons (Fsp3) is 0.812. The average Bonchev–Trinajstić information content (AvgIpc) is 2.35. The Labute approximate surface area is 156 Å². The largest absolute Gasteiger partial charge is 0.548 e. The Morgan fingerprint density at radius 3 is 1.92 bits per heavy atom. The molecule has 9 heteroatoms. The summed E-state index contributed by atoms with van der Waals surface area (Å²) in [5, 5.41) is 18.7. The van der Waals surface area contributed by atoms with Gasteiger partial charge in [-0.1, -0.05) is 20.8 Å². The fourth-order valence-electron chi connectivity index (χ4n) is 1.82. The zero-order valence-electron chi connectivity index (χ0n) is 16.0. The molecule has 0 radical (unpaired) electrons. The highest BCUT2D eigenvalue weighted by Crippen LogP contribution is 2.06. The molecular formula is C16H33ClN2O6. The van der Waals surface area contributed by atoms with Crippen LogP contribution in [0.15, 0.2) is 0 Å². The van der Waals surface area contributed by atoms with Gasteiger partial charge in [0.05, 0.1) is 33.5 Å². The van der Waals surface area contributed by atoms with E-state index in [-0.39, 0.29) is 31.2 Å². The Bertz CT molecular complexity index is 410. The highest BCUT2D eigenvalue weighted by atomic mass is 35.5. The number of ether oxygens (including phenoxy) is 1. The summed E-state index contributed by atoms with van der Waals surface area (Å²) in [5.41, 5.74) is 5.16. The first-order valence-corrected chi connectivity index (χ1v) is 7.96. The molecule has 0 bridgehead atoms. The maximum Gasteiger partial charge on any atom is 0.307 e. The minimum atomic E-state index is -1.16. The molecule has 0 aliphatic carbocycles. The van der Waals surface area contributed by atoms with Gasteiger partial charge in [-0.3, -0.25) is 9.59 Å². The van der Waals surface area contributed by atoms with E-state index < -0.39 is 24.1 Å². The van der Waals surface area contributed by atoms with E-state index in [0.29, 0.717) is 23.4 Å². The number of halogens is 1. The maximum absolute atomic E-state index is 11.1. The summed E-state index contributed by atoms with van der Waals surface area (Å²) < 4.78 is 5.62. The van der Waals surface area contributed by atoms with Gasteiger partial charge in [-0.25, -0.2) is 0 Å². The lowest BCUT2D eigenvalue weighted by Gasteiger charge is -2.28. The highest BCUT2D eigenvalue weighted by molar-refractivity contribution is 5.85. The van der Waals surface area contributed by atoms with Crippen LogP contribution in [-0.2, 0) is 19.1 Å². The van der Waals surface area contributed by atoms with Crippen molar-refractivity contribution in [3.05, 3.63) is 0 Å². The summed E-state index contributed by atoms with van der Waals surface area (Å²) in [6.07, 6.45) is 0.0755. The van der Waals surface area contributed by atoms with Crippen molar-refractivity contribution < 1.29 is 33.8 Å². The summed E-state index contributed by atoms with van der Waals surface area (Å²) in [6, 6.07) is -0.801. The van der Waals surface area contributed by atoms with Crippen LogP contribution in [0.5, 0.6) is 0 Å². The van der Waals surface area contributed by atoms with Crippen LogP contribution >= 0.6 is 12.4 Å². The molecule has 2 atom stereocenters. The van der Waals surface area contributed by atoms with Crippen LogP contribution in [-0.4, -0.2) is 67.3 Å². The van der Waals surface area contributed by atoms with Gasteiger partial charge in [0.15, 0.2) is 6.10 Å². The van der Waals surface area contributed by atoms with E-state index in [1.54, 1.807) is 6.92 Å². The first kappa shape index (κ1) is 28.4. The number of quaternary nitrogens is 1. The van der Waals surface area contributed by atoms with Gasteiger partial charge < -0.3 is 30.0 Å². The third-order valence-corrected chi connectivity index (χ3v) is 2.77. The van der Waals surface area contributed by atoms with Crippen LogP contribution in [0.4, 0.5) is 0 Å². The highest BCUT2D eigenvalue weighted by Gasteiger charge is 2.24. The minimum absolute atomic E-state index is 0. The second-order valence-electron chi connectivity index (χ2n) is 7.09. The second-order valence-corrected chi connectivity index (χ2v) is 7.09. The van der Waals surface area contributed by atoms with Crippen molar-refractivity contribution >= 4 is 30.3 Å². The molecule has 0 aliphatic heterocycles. The molecule has 0 unspecified atom stereocenters. The van der Waals surface area contributed by atoms with E-state index in [1.807, 2.05) is 35.0 Å². The number of carboxylic acids is 2. The normalized spacial score (nSPS) is 13.0. The van der Waals surface area contributed by atoms with Crippen molar-refractivity contribution in [1.82, 2.24) is 0 Å². The number of aliphatic carboxylic acids is 2. The van der Waals surface area contributed by atoms with E-state index in [1.165, 1.54) is 0 Å². The van der Waals surface area contributed by atoms with Crippen LogP contribution < -0.4 is 10.8 Å². The number of esters is 1. The summed E-state index contributed by atoms with van der Waals surface area (Å²) in [5.74, 6) is -2.14. The van der Waals surface area contributed by atoms with Crippen molar-refractivity contribution in [3.8, 4) is 0 Å². The molecule has 0 saturated carbocycles. The molecule has 0 aromatic carbocycles. The summed E-state index contributed by atoms with van der Waals surface area (Å²) in [6.45, 7) is 6.02. The SMILES string of the molecule is CC(C)C[C@H](N)C(=O)[O-].CCC(=O)O[C@H](CC(=O)O)C[N+](C)(C)C.Cl. The molecule has 0 saturated heterocycles. The molecule has 0 spiro atoms. The first-order valence-electron chi connectivity index (χ1n) is 7.96. The monoisotopic (exact) mass is 384 g/mol. The van der Waals surface area contributed by atoms with Crippen molar-refractivity contribution in [2.45, 2.75) is 52.2 Å². The second kappa shape index (κ2) is 13.9. The smallest absolute Gasteiger partial charge is 0.307 e. The molecule has 8 nitrogen and oxygen atoms in total. The van der Waals surface area contributed by atoms with Gasteiger partial charge in [-0.15, -0.1) is 12.4 Å². The standard InChI is InChI=1S/C10H19NO4.C6H13NO2.ClH/c1-5-10(14)15-8(6-9(12)13)7-11(2,3)4;1-4(2)3-5(7)6(8)9;/h8H,5-7H2,1-4H3;4-5H,3,7H2,1-2H3,(H,8,9);1H/t8-;5-;/m10./s1. The topological polar surface area (TPSA) is 130 Å². The molecule has 3 N–H and O–H groups in total. The Morgan fingerprint density at radius 2 is 1.68 bits per heavy atom. The van der Waals surface area contributed by atoms with Crippen LogP contribution in [0, 0.1) is 5.92 Å². The molecule has 0 aromatic heterocycles. The third-order valence-electron chi connectivity index (χ3n) is 2.77. The molecule has 0 rings (SSSR count). The summed E-state index contributed by atoms with van der Waals surface area (Å²) in [7, 11) is 5.78. The van der Waals surface area contributed by atoms with Gasteiger partial charge in [0.2, 0.25) is 0 Å². The molecule has 0 aromatic rings. The van der Waals surface area contributed by atoms with E-state index in [2.05, 4.69) is 0 Å². The number of carboxylic acid groups (broad SMARTS) is 2. The lowest BCUT2D eigenvalue weighted by Crippen LogP contribution is -2.43. The van der Waals surface area contributed by atoms with Crippen molar-refractivity contribution in [2.24, 2.45) is 11.7 Å². The predicted molar refractivity (Wildman–Crippen MR) is 95.0 cm³/mol. The lowest BCUT2D eigenvalue weighted by molar-refractivity contribution is -0.873. The quantitative estimate of drug-likeness (QED) is 0.423. The fourth-order valence-corrected chi connectivity index (χ4v) is 1.82. The summed E-state index contributed by atoms with van der Waals surface area (Å²) >= 11 is 0. The zero-order valence-corrected chi connectivity index (χ0v) is 16.8. The van der Waals surface area contributed by atoms with E-state index >= 15 is 0 Å². The van der Waals surface area contributed by atoms with Crippen LogP contribution in [0.25, 0.3) is 0 Å². The number of likely N-dealkylation sites (N-methyl/N-ethyl adjacent to an activating group) is 1. The maximum atomic E-state index is 11.1. The number of carbonyl (C=O) groups is 3. The van der Waals surface area contributed by atoms with Crippen LogP contribution in [0.1, 0.15) is 40.0 Å². The van der Waals surface area contributed by atoms with Gasteiger partial charge in [0, 0.05) is 12.5 Å². The average molecular weight is 385 g/mol. The number of nitrogens with zero attached hydrogens (tertiary/aromatic N) is 1. The Morgan fingerprint density at radius 1 is 1.20 bits per heavy atom. The van der Waals surface area contributed by atoms with Crippen LogP contribution in [0.3, 0.4) is 0 Å². The zero-order chi connectivity index (χ0) is 19.5. The Hall–Kier alpha value is -1.38. The van der Waals surface area contributed by atoms with Gasteiger partial charge in [0.25, 0.3) is 0 Å². The lowest BCUT2D eigenvalue weighted by atomic mass is 10.1. The molecular weight excluding hydrogens is 352 g/mol. The predicted octanol–water partition coefficient (Wildman–Crippen LogP) is 0.0206. The number of rotatable bonds is 9. The van der Waals surface area contributed by atoms with E-state index in [4.69, 9.17) is 15.6 Å². The van der Waals surface area contributed by atoms with Gasteiger partial charge in [-0.05, 0) is 12.3 Å². The van der Waals surface area contributed by atoms with Crippen LogP contribution in [0.2, 0.25) is 0 Å². The molecule has 150 valence electrons. The van der Waals surface area contributed by atoms with Crippen molar-refractivity contribution in [2.75, 3.05) is 27.7 Å². The van der Waals surface area contributed by atoms with Gasteiger partial charge >= 0.3 is 11.9 Å². The number of hydrogen-bond acceptors (Lipinski definition) is 6.